The number of sulfonamides is 1. The highest BCUT2D eigenvalue weighted by molar-refractivity contribution is 7.89. The predicted molar refractivity (Wildman–Crippen MR) is 127 cm³/mol. The van der Waals surface area contributed by atoms with Crippen molar-refractivity contribution in [3.63, 3.8) is 0 Å². The van der Waals surface area contributed by atoms with Gasteiger partial charge in [0.1, 0.15) is 5.75 Å². The number of methoxy groups -OCH3 is 1. The van der Waals surface area contributed by atoms with E-state index in [1.54, 1.807) is 7.11 Å². The van der Waals surface area contributed by atoms with Gasteiger partial charge in [0.25, 0.3) is 5.91 Å². The monoisotopic (exact) mass is 478 g/mol. The smallest absolute Gasteiger partial charge is 0.253 e. The van der Waals surface area contributed by atoms with Crippen LogP contribution in [0.4, 0.5) is 0 Å². The van der Waals surface area contributed by atoms with E-state index in [4.69, 9.17) is 16.3 Å². The number of ether oxygens (including phenoxy) is 1. The number of carbonyl (C=O) groups excluding carboxylic acids is 1. The molecule has 0 spiro atoms. The van der Waals surface area contributed by atoms with Gasteiger partial charge in [-0.25, -0.2) is 8.42 Å². The van der Waals surface area contributed by atoms with Gasteiger partial charge in [-0.05, 0) is 61.1 Å². The largest absolute Gasteiger partial charge is 0.497 e. The van der Waals surface area contributed by atoms with Crippen LogP contribution in [0.25, 0.3) is 0 Å². The number of carbonyl (C=O) groups is 1. The topological polar surface area (TPSA) is 75.7 Å². The zero-order valence-corrected chi connectivity index (χ0v) is 20.4. The van der Waals surface area contributed by atoms with Crippen molar-refractivity contribution in [3.8, 4) is 5.75 Å². The molecule has 1 fully saturated rings. The van der Waals surface area contributed by atoms with Gasteiger partial charge in [-0.1, -0.05) is 44.0 Å². The molecule has 0 radical (unpaired) electrons. The van der Waals surface area contributed by atoms with E-state index < -0.39 is 15.9 Å². The summed E-state index contributed by atoms with van der Waals surface area (Å²) in [5, 5.41) is 3.27. The van der Waals surface area contributed by atoms with E-state index >= 15 is 0 Å². The lowest BCUT2D eigenvalue weighted by Crippen LogP contribution is -2.36. The summed E-state index contributed by atoms with van der Waals surface area (Å²) in [6, 6.07) is 11.7. The Morgan fingerprint density at radius 2 is 1.75 bits per heavy atom. The molecule has 1 heterocycles. The van der Waals surface area contributed by atoms with Crippen molar-refractivity contribution in [2.75, 3.05) is 20.2 Å². The average molecular weight is 479 g/mol. The van der Waals surface area contributed by atoms with Crippen LogP contribution >= 0.6 is 11.6 Å². The molecule has 2 aromatic carbocycles. The molecule has 1 aliphatic heterocycles. The number of piperidine rings is 1. The fourth-order valence-electron chi connectivity index (χ4n) is 3.92. The number of amides is 1. The van der Waals surface area contributed by atoms with E-state index in [9.17, 15) is 13.2 Å². The molecule has 8 heteroatoms. The lowest BCUT2D eigenvalue weighted by Gasteiger charge is -2.26. The van der Waals surface area contributed by atoms with Gasteiger partial charge < -0.3 is 10.1 Å². The first-order valence-corrected chi connectivity index (χ1v) is 12.8. The van der Waals surface area contributed by atoms with Crippen LogP contribution in [0.15, 0.2) is 47.4 Å². The summed E-state index contributed by atoms with van der Waals surface area (Å²) >= 11 is 6.32. The Bertz CT molecular complexity index is 1030. The molecule has 1 saturated heterocycles. The van der Waals surface area contributed by atoms with Gasteiger partial charge >= 0.3 is 0 Å². The maximum Gasteiger partial charge on any atom is 0.253 e. The molecule has 1 aliphatic rings. The van der Waals surface area contributed by atoms with Gasteiger partial charge in [0, 0.05) is 13.1 Å². The second kappa shape index (κ2) is 10.7. The number of benzene rings is 2. The maximum atomic E-state index is 13.2. The van der Waals surface area contributed by atoms with Gasteiger partial charge in [-0.15, -0.1) is 0 Å². The van der Waals surface area contributed by atoms with Crippen LogP contribution in [0.2, 0.25) is 5.02 Å². The van der Waals surface area contributed by atoms with Crippen LogP contribution in [0.5, 0.6) is 5.75 Å². The lowest BCUT2D eigenvalue weighted by atomic mass is 9.96. The molecule has 6 nitrogen and oxygen atoms in total. The standard InChI is InChI=1S/C24H31ClN2O4S/c1-17(2)15-23(18-7-9-19(31-3)10-8-18)26-24(28)21-16-20(11-12-22(21)25)32(29,30)27-13-5-4-6-14-27/h7-12,16-17,23H,4-6,13-15H2,1-3H3,(H,26,28)/t23-/m1/s1. The molecule has 1 atom stereocenters. The van der Waals surface area contributed by atoms with E-state index in [1.807, 2.05) is 24.3 Å². The van der Waals surface area contributed by atoms with Crippen molar-refractivity contribution in [2.45, 2.75) is 50.5 Å². The number of rotatable bonds is 8. The normalized spacial score (nSPS) is 16.0. The summed E-state index contributed by atoms with van der Waals surface area (Å²) in [7, 11) is -2.05. The van der Waals surface area contributed by atoms with Crippen LogP contribution in [0, 0.1) is 5.92 Å². The quantitative estimate of drug-likeness (QED) is 0.576. The number of halogens is 1. The maximum absolute atomic E-state index is 13.2. The minimum Gasteiger partial charge on any atom is -0.497 e. The van der Waals surface area contributed by atoms with Gasteiger partial charge in [0.15, 0.2) is 0 Å². The van der Waals surface area contributed by atoms with Crippen LogP contribution in [0.1, 0.15) is 61.5 Å². The van der Waals surface area contributed by atoms with Crippen molar-refractivity contribution in [3.05, 3.63) is 58.6 Å². The second-order valence-corrected chi connectivity index (χ2v) is 10.9. The minimum atomic E-state index is -3.66. The Hall–Kier alpha value is -2.09. The Balaban J connectivity index is 1.86. The highest BCUT2D eigenvalue weighted by atomic mass is 35.5. The lowest BCUT2D eigenvalue weighted by molar-refractivity contribution is 0.0932. The Labute approximate surface area is 196 Å². The Morgan fingerprint density at radius 1 is 1.09 bits per heavy atom. The summed E-state index contributed by atoms with van der Waals surface area (Å²) in [6.45, 7) is 5.17. The molecule has 32 heavy (non-hydrogen) atoms. The molecular weight excluding hydrogens is 448 g/mol. The van der Waals surface area contributed by atoms with Crippen LogP contribution in [-0.4, -0.2) is 38.8 Å². The summed E-state index contributed by atoms with van der Waals surface area (Å²) in [5.74, 6) is 0.679. The minimum absolute atomic E-state index is 0.0961. The van der Waals surface area contributed by atoms with Crippen molar-refractivity contribution in [1.29, 1.82) is 0 Å². The number of hydrogen-bond donors (Lipinski definition) is 1. The molecule has 174 valence electrons. The van der Waals surface area contributed by atoms with E-state index in [0.717, 1.165) is 37.0 Å². The third-order valence-corrected chi connectivity index (χ3v) is 7.89. The van der Waals surface area contributed by atoms with Crippen LogP contribution in [-0.2, 0) is 10.0 Å². The van der Waals surface area contributed by atoms with Gasteiger partial charge in [0.05, 0.1) is 28.6 Å². The van der Waals surface area contributed by atoms with Gasteiger partial charge in [-0.2, -0.15) is 4.31 Å². The summed E-state index contributed by atoms with van der Waals surface area (Å²) in [4.78, 5) is 13.3. The van der Waals surface area contributed by atoms with Gasteiger partial charge in [0.2, 0.25) is 10.0 Å². The SMILES string of the molecule is COc1ccc([C@@H](CC(C)C)NC(=O)c2cc(S(=O)(=O)N3CCCCC3)ccc2Cl)cc1. The van der Waals surface area contributed by atoms with Crippen molar-refractivity contribution >= 4 is 27.5 Å². The molecule has 0 unspecified atom stereocenters. The van der Waals surface area contributed by atoms with E-state index in [-0.39, 0.29) is 21.5 Å². The van der Waals surface area contributed by atoms with Crippen molar-refractivity contribution < 1.29 is 17.9 Å². The van der Waals surface area contributed by atoms with Crippen molar-refractivity contribution in [2.24, 2.45) is 5.92 Å². The molecule has 0 aromatic heterocycles. The first-order chi connectivity index (χ1) is 15.2. The van der Waals surface area contributed by atoms with E-state index in [2.05, 4.69) is 19.2 Å². The number of nitrogens with one attached hydrogen (secondary N) is 1. The molecule has 0 aliphatic carbocycles. The highest BCUT2D eigenvalue weighted by Gasteiger charge is 2.28. The van der Waals surface area contributed by atoms with E-state index in [1.165, 1.54) is 22.5 Å². The fourth-order valence-corrected chi connectivity index (χ4v) is 5.66. The Morgan fingerprint density at radius 3 is 2.34 bits per heavy atom. The molecule has 2 aromatic rings. The Kier molecular flexibility index (Phi) is 8.20. The zero-order chi connectivity index (χ0) is 23.3. The zero-order valence-electron chi connectivity index (χ0n) is 18.8. The summed E-state index contributed by atoms with van der Waals surface area (Å²) in [6.07, 6.45) is 3.45. The fraction of sp³-hybridized carbons (Fsp3) is 0.458. The molecule has 3 rings (SSSR count). The highest BCUT2D eigenvalue weighted by Crippen LogP contribution is 2.28. The molecule has 0 saturated carbocycles. The average Bonchev–Trinajstić information content (AvgIpc) is 2.79. The third kappa shape index (κ3) is 5.82. The molecular formula is C24H31ClN2O4S. The number of hydrogen-bond acceptors (Lipinski definition) is 4. The van der Waals surface area contributed by atoms with Crippen LogP contribution < -0.4 is 10.1 Å². The van der Waals surface area contributed by atoms with E-state index in [0.29, 0.717) is 19.0 Å². The first kappa shape index (κ1) is 24.6. The number of nitrogens with zero attached hydrogens (tertiary/aromatic N) is 1. The molecule has 1 N–H and O–H groups in total. The third-order valence-electron chi connectivity index (χ3n) is 5.67. The molecule has 1 amide bonds. The van der Waals surface area contributed by atoms with Gasteiger partial charge in [-0.3, -0.25) is 4.79 Å². The summed E-state index contributed by atoms with van der Waals surface area (Å²) in [5.41, 5.74) is 1.10. The van der Waals surface area contributed by atoms with Crippen molar-refractivity contribution in [1.82, 2.24) is 9.62 Å². The second-order valence-electron chi connectivity index (χ2n) is 8.54. The summed E-state index contributed by atoms with van der Waals surface area (Å²) < 4.78 is 32.8. The van der Waals surface area contributed by atoms with Crippen LogP contribution in [0.3, 0.4) is 0 Å². The molecule has 0 bridgehead atoms. The predicted octanol–water partition coefficient (Wildman–Crippen LogP) is 5.04. The first-order valence-electron chi connectivity index (χ1n) is 11.0.